The number of non-ortho nitro benzene ring substituents is 1. The van der Waals surface area contributed by atoms with Gasteiger partial charge in [-0.1, -0.05) is 12.1 Å². The van der Waals surface area contributed by atoms with Crippen LogP contribution in [-0.4, -0.2) is 41.4 Å². The van der Waals surface area contributed by atoms with Gasteiger partial charge in [-0.15, -0.1) is 0 Å². The topological polar surface area (TPSA) is 75.5 Å². The molecule has 6 heteroatoms. The van der Waals surface area contributed by atoms with Gasteiger partial charge in [0.05, 0.1) is 11.3 Å². The Labute approximate surface area is 123 Å². The first-order valence-corrected chi connectivity index (χ1v) is 7.38. The Balaban J connectivity index is 1.60. The van der Waals surface area contributed by atoms with Gasteiger partial charge in [0.15, 0.2) is 0 Å². The van der Waals surface area contributed by atoms with Crippen LogP contribution in [0.3, 0.4) is 0 Å². The third kappa shape index (κ3) is 3.05. The van der Waals surface area contributed by atoms with Gasteiger partial charge in [0, 0.05) is 31.3 Å². The minimum Gasteiger partial charge on any atom is -0.341 e. The third-order valence-electron chi connectivity index (χ3n) is 4.45. The Morgan fingerprint density at radius 1 is 1.33 bits per heavy atom. The fourth-order valence-corrected chi connectivity index (χ4v) is 3.27. The van der Waals surface area contributed by atoms with Crippen LogP contribution in [0.15, 0.2) is 24.3 Å². The van der Waals surface area contributed by atoms with Gasteiger partial charge in [0.2, 0.25) is 5.91 Å². The SMILES string of the molecule is O=C(Cc1ccc([N+](=O)[O-])cc1)N1CC2CCCNC2C1. The summed E-state index contributed by atoms with van der Waals surface area (Å²) in [5.74, 6) is 0.694. The number of nitrogens with zero attached hydrogens (tertiary/aromatic N) is 2. The molecule has 1 amide bonds. The first kappa shape index (κ1) is 14.0. The molecule has 2 saturated heterocycles. The lowest BCUT2D eigenvalue weighted by atomic mass is 9.94. The van der Waals surface area contributed by atoms with Gasteiger partial charge in [-0.3, -0.25) is 14.9 Å². The molecule has 1 N–H and O–H groups in total. The number of amides is 1. The average molecular weight is 289 g/mol. The van der Waals surface area contributed by atoms with Crippen LogP contribution in [0, 0.1) is 16.0 Å². The molecular formula is C15H19N3O3. The van der Waals surface area contributed by atoms with Crippen LogP contribution in [-0.2, 0) is 11.2 Å². The third-order valence-corrected chi connectivity index (χ3v) is 4.45. The van der Waals surface area contributed by atoms with Crippen molar-refractivity contribution in [3.8, 4) is 0 Å². The number of likely N-dealkylation sites (tertiary alicyclic amines) is 1. The predicted octanol–water partition coefficient (Wildman–Crippen LogP) is 1.35. The number of nitrogens with one attached hydrogen (secondary N) is 1. The van der Waals surface area contributed by atoms with Crippen LogP contribution in [0.2, 0.25) is 0 Å². The molecule has 21 heavy (non-hydrogen) atoms. The van der Waals surface area contributed by atoms with Gasteiger partial charge in [-0.25, -0.2) is 0 Å². The molecule has 2 unspecified atom stereocenters. The lowest BCUT2D eigenvalue weighted by Gasteiger charge is -2.24. The molecule has 0 aromatic heterocycles. The number of carbonyl (C=O) groups is 1. The normalized spacial score (nSPS) is 24.7. The fourth-order valence-electron chi connectivity index (χ4n) is 3.27. The van der Waals surface area contributed by atoms with Crippen molar-refractivity contribution in [2.75, 3.05) is 19.6 Å². The molecule has 0 bridgehead atoms. The van der Waals surface area contributed by atoms with Gasteiger partial charge in [-0.05, 0) is 30.9 Å². The highest BCUT2D eigenvalue weighted by molar-refractivity contribution is 5.79. The van der Waals surface area contributed by atoms with E-state index in [1.165, 1.54) is 25.0 Å². The van der Waals surface area contributed by atoms with E-state index >= 15 is 0 Å². The zero-order valence-electron chi connectivity index (χ0n) is 11.8. The van der Waals surface area contributed by atoms with E-state index in [4.69, 9.17) is 0 Å². The van der Waals surface area contributed by atoms with E-state index in [0.717, 1.165) is 25.2 Å². The van der Waals surface area contributed by atoms with E-state index in [2.05, 4.69) is 5.32 Å². The molecule has 0 saturated carbocycles. The van der Waals surface area contributed by atoms with Gasteiger partial charge >= 0.3 is 0 Å². The molecule has 2 aliphatic rings. The lowest BCUT2D eigenvalue weighted by molar-refractivity contribution is -0.384. The monoisotopic (exact) mass is 289 g/mol. The number of benzene rings is 1. The maximum atomic E-state index is 12.3. The fraction of sp³-hybridized carbons (Fsp3) is 0.533. The molecule has 0 aliphatic carbocycles. The second-order valence-electron chi connectivity index (χ2n) is 5.86. The van der Waals surface area contributed by atoms with E-state index in [0.29, 0.717) is 18.4 Å². The van der Waals surface area contributed by atoms with E-state index in [1.807, 2.05) is 4.90 Å². The highest BCUT2D eigenvalue weighted by Crippen LogP contribution is 2.25. The minimum absolute atomic E-state index is 0.0580. The second-order valence-corrected chi connectivity index (χ2v) is 5.86. The Kier molecular flexibility index (Phi) is 3.88. The number of rotatable bonds is 3. The molecule has 2 fully saturated rings. The first-order valence-electron chi connectivity index (χ1n) is 7.38. The number of piperidine rings is 1. The van der Waals surface area contributed by atoms with E-state index in [1.54, 1.807) is 12.1 Å². The Morgan fingerprint density at radius 2 is 2.10 bits per heavy atom. The zero-order valence-corrected chi connectivity index (χ0v) is 11.8. The maximum absolute atomic E-state index is 12.3. The summed E-state index contributed by atoms with van der Waals surface area (Å²) >= 11 is 0. The number of nitro benzene ring substituents is 1. The Bertz CT molecular complexity index is 530. The van der Waals surface area contributed by atoms with Crippen molar-refractivity contribution >= 4 is 11.6 Å². The smallest absolute Gasteiger partial charge is 0.269 e. The van der Waals surface area contributed by atoms with Crippen molar-refractivity contribution in [1.82, 2.24) is 10.2 Å². The van der Waals surface area contributed by atoms with Crippen molar-refractivity contribution in [1.29, 1.82) is 0 Å². The van der Waals surface area contributed by atoms with Crippen LogP contribution in [0.5, 0.6) is 0 Å². The Morgan fingerprint density at radius 3 is 2.76 bits per heavy atom. The maximum Gasteiger partial charge on any atom is 0.269 e. The van der Waals surface area contributed by atoms with Crippen molar-refractivity contribution < 1.29 is 9.72 Å². The van der Waals surface area contributed by atoms with E-state index in [9.17, 15) is 14.9 Å². The molecule has 6 nitrogen and oxygen atoms in total. The zero-order chi connectivity index (χ0) is 14.8. The van der Waals surface area contributed by atoms with E-state index in [-0.39, 0.29) is 11.6 Å². The first-order chi connectivity index (χ1) is 10.1. The van der Waals surface area contributed by atoms with Crippen LogP contribution in [0.1, 0.15) is 18.4 Å². The molecule has 0 radical (unpaired) electrons. The van der Waals surface area contributed by atoms with Gasteiger partial charge in [-0.2, -0.15) is 0 Å². The van der Waals surface area contributed by atoms with Crippen LogP contribution < -0.4 is 5.32 Å². The molecule has 1 aromatic rings. The second kappa shape index (κ2) is 5.81. The van der Waals surface area contributed by atoms with Crippen molar-refractivity contribution in [3.05, 3.63) is 39.9 Å². The molecule has 2 aliphatic heterocycles. The molecule has 0 spiro atoms. The number of carbonyl (C=O) groups excluding carboxylic acids is 1. The van der Waals surface area contributed by atoms with Crippen LogP contribution in [0.4, 0.5) is 5.69 Å². The Hall–Kier alpha value is -1.95. The predicted molar refractivity (Wildman–Crippen MR) is 77.9 cm³/mol. The largest absolute Gasteiger partial charge is 0.341 e. The summed E-state index contributed by atoms with van der Waals surface area (Å²) < 4.78 is 0. The van der Waals surface area contributed by atoms with Crippen LogP contribution in [0.25, 0.3) is 0 Å². The number of fused-ring (bicyclic) bond motifs is 1. The summed E-state index contributed by atoms with van der Waals surface area (Å²) in [6.07, 6.45) is 2.70. The summed E-state index contributed by atoms with van der Waals surface area (Å²) in [6.45, 7) is 2.67. The highest BCUT2D eigenvalue weighted by Gasteiger charge is 2.36. The number of hydrogen-bond donors (Lipinski definition) is 1. The summed E-state index contributed by atoms with van der Waals surface area (Å²) in [5, 5.41) is 14.1. The minimum atomic E-state index is -0.428. The van der Waals surface area contributed by atoms with Gasteiger partial charge in [0.25, 0.3) is 5.69 Å². The van der Waals surface area contributed by atoms with Crippen molar-refractivity contribution in [3.63, 3.8) is 0 Å². The van der Waals surface area contributed by atoms with Crippen LogP contribution >= 0.6 is 0 Å². The average Bonchev–Trinajstić information content (AvgIpc) is 2.92. The molecule has 1 aromatic carbocycles. The number of hydrogen-bond acceptors (Lipinski definition) is 4. The van der Waals surface area contributed by atoms with Gasteiger partial charge in [0.1, 0.15) is 0 Å². The summed E-state index contributed by atoms with van der Waals surface area (Å²) in [4.78, 5) is 24.4. The summed E-state index contributed by atoms with van der Waals surface area (Å²) in [5.41, 5.74) is 0.885. The molecule has 112 valence electrons. The molecule has 2 heterocycles. The standard InChI is InChI=1S/C15H19N3O3/c19-15(8-11-3-5-13(6-4-11)18(20)21)17-9-12-2-1-7-16-14(12)10-17/h3-6,12,14,16H,1-2,7-10H2. The van der Waals surface area contributed by atoms with E-state index < -0.39 is 4.92 Å². The lowest BCUT2D eigenvalue weighted by Crippen LogP contribution is -2.41. The van der Waals surface area contributed by atoms with Crippen molar-refractivity contribution in [2.45, 2.75) is 25.3 Å². The quantitative estimate of drug-likeness (QED) is 0.673. The summed E-state index contributed by atoms with van der Waals surface area (Å²) in [7, 11) is 0. The molecule has 3 rings (SSSR count). The molecular weight excluding hydrogens is 270 g/mol. The highest BCUT2D eigenvalue weighted by atomic mass is 16.6. The van der Waals surface area contributed by atoms with Gasteiger partial charge < -0.3 is 10.2 Å². The van der Waals surface area contributed by atoms with Crippen molar-refractivity contribution in [2.24, 2.45) is 5.92 Å². The number of nitro groups is 1. The molecule has 2 atom stereocenters. The summed E-state index contributed by atoms with van der Waals surface area (Å²) in [6, 6.07) is 6.68.